The summed E-state index contributed by atoms with van der Waals surface area (Å²) >= 11 is 4.65. The summed E-state index contributed by atoms with van der Waals surface area (Å²) in [6.07, 6.45) is 0.439. The van der Waals surface area contributed by atoms with Crippen LogP contribution in [0.4, 0.5) is 11.4 Å². The number of nitrogens with zero attached hydrogens (tertiary/aromatic N) is 1. The second kappa shape index (κ2) is 7.09. The molecule has 0 atom stereocenters. The Morgan fingerprint density at radius 3 is 2.56 bits per heavy atom. The molecule has 0 saturated heterocycles. The third-order valence-corrected chi connectivity index (χ3v) is 5.78. The number of para-hydroxylation sites is 1. The van der Waals surface area contributed by atoms with Crippen molar-refractivity contribution in [1.82, 2.24) is 0 Å². The third-order valence-electron chi connectivity index (χ3n) is 4.23. The molecule has 7 heteroatoms. The molecule has 1 aliphatic rings. The molecule has 2 aromatic carbocycles. The molecule has 2 N–H and O–H groups in total. The van der Waals surface area contributed by atoms with E-state index < -0.39 is 5.97 Å². The Morgan fingerprint density at radius 2 is 1.85 bits per heavy atom. The maximum Gasteiger partial charge on any atom is 0.339 e. The summed E-state index contributed by atoms with van der Waals surface area (Å²) in [6, 6.07) is 14.9. The molecule has 2 heterocycles. The standard InChI is InChI=1S/C20H13BrN2O3S/c21-13-7-5-11(6-8-13)18-17(20(25)26)16(10-27-18)23-19(24)15-9-12-3-1-2-4-14(12)22-15/h1-8,10H,9H2,(H,23,24)(H,25,26). The zero-order valence-corrected chi connectivity index (χ0v) is 16.3. The van der Waals surface area contributed by atoms with Crippen molar-refractivity contribution < 1.29 is 14.7 Å². The van der Waals surface area contributed by atoms with E-state index in [2.05, 4.69) is 26.2 Å². The van der Waals surface area contributed by atoms with Crippen LogP contribution in [0, 0.1) is 0 Å². The van der Waals surface area contributed by atoms with Crippen LogP contribution in [-0.2, 0) is 11.2 Å². The van der Waals surface area contributed by atoms with Gasteiger partial charge in [-0.15, -0.1) is 11.3 Å². The molecule has 0 aliphatic carbocycles. The quantitative estimate of drug-likeness (QED) is 0.588. The lowest BCUT2D eigenvalue weighted by molar-refractivity contribution is -0.110. The van der Waals surface area contributed by atoms with E-state index in [1.54, 1.807) is 5.38 Å². The molecule has 0 unspecified atom stereocenters. The van der Waals surface area contributed by atoms with Gasteiger partial charge in [-0.2, -0.15) is 0 Å². The molecule has 1 aliphatic heterocycles. The Kier molecular flexibility index (Phi) is 4.63. The minimum absolute atomic E-state index is 0.0896. The highest BCUT2D eigenvalue weighted by Crippen LogP contribution is 2.37. The van der Waals surface area contributed by atoms with Gasteiger partial charge in [0.2, 0.25) is 0 Å². The van der Waals surface area contributed by atoms with Gasteiger partial charge in [-0.3, -0.25) is 4.79 Å². The topological polar surface area (TPSA) is 78.8 Å². The van der Waals surface area contributed by atoms with Crippen LogP contribution in [0.2, 0.25) is 0 Å². The summed E-state index contributed by atoms with van der Waals surface area (Å²) in [5.41, 5.74) is 3.31. The summed E-state index contributed by atoms with van der Waals surface area (Å²) in [5.74, 6) is -1.46. The van der Waals surface area contributed by atoms with Gasteiger partial charge in [0.05, 0.1) is 16.3 Å². The van der Waals surface area contributed by atoms with Gasteiger partial charge in [-0.1, -0.05) is 46.3 Å². The lowest BCUT2D eigenvalue weighted by atomic mass is 10.1. The maximum absolute atomic E-state index is 12.6. The highest BCUT2D eigenvalue weighted by atomic mass is 79.9. The van der Waals surface area contributed by atoms with Gasteiger partial charge in [0.1, 0.15) is 11.3 Å². The summed E-state index contributed by atoms with van der Waals surface area (Å²) in [7, 11) is 0. The molecule has 0 bridgehead atoms. The Labute approximate surface area is 167 Å². The molecule has 3 aromatic rings. The van der Waals surface area contributed by atoms with Crippen LogP contribution in [0.1, 0.15) is 15.9 Å². The number of hydrogen-bond donors (Lipinski definition) is 2. The van der Waals surface area contributed by atoms with Crippen molar-refractivity contribution in [3.05, 3.63) is 69.5 Å². The van der Waals surface area contributed by atoms with Crippen molar-refractivity contribution in [3.63, 3.8) is 0 Å². The van der Waals surface area contributed by atoms with Crippen LogP contribution >= 0.6 is 27.3 Å². The van der Waals surface area contributed by atoms with Gasteiger partial charge in [0.25, 0.3) is 5.91 Å². The highest BCUT2D eigenvalue weighted by Gasteiger charge is 2.25. The largest absolute Gasteiger partial charge is 0.478 e. The summed E-state index contributed by atoms with van der Waals surface area (Å²) in [4.78, 5) is 29.4. The number of rotatable bonds is 4. The second-order valence-corrected chi connectivity index (χ2v) is 7.78. The molecule has 1 amide bonds. The van der Waals surface area contributed by atoms with Crippen molar-refractivity contribution in [2.24, 2.45) is 4.99 Å². The predicted molar refractivity (Wildman–Crippen MR) is 110 cm³/mol. The number of anilines is 1. The normalized spacial score (nSPS) is 12.4. The highest BCUT2D eigenvalue weighted by molar-refractivity contribution is 9.10. The van der Waals surface area contributed by atoms with Gasteiger partial charge in [-0.05, 0) is 29.3 Å². The Balaban J connectivity index is 1.62. The third kappa shape index (κ3) is 3.43. The van der Waals surface area contributed by atoms with Gasteiger partial charge in [0, 0.05) is 16.3 Å². The lowest BCUT2D eigenvalue weighted by Crippen LogP contribution is -2.23. The molecule has 134 valence electrons. The monoisotopic (exact) mass is 440 g/mol. The van der Waals surface area contributed by atoms with Crippen molar-refractivity contribution in [2.75, 3.05) is 5.32 Å². The average molecular weight is 441 g/mol. The van der Waals surface area contributed by atoms with E-state index in [4.69, 9.17) is 0 Å². The first kappa shape index (κ1) is 17.6. The first-order valence-corrected chi connectivity index (χ1v) is 9.78. The summed E-state index contributed by atoms with van der Waals surface area (Å²) in [6.45, 7) is 0. The van der Waals surface area contributed by atoms with Crippen LogP contribution < -0.4 is 5.32 Å². The number of benzene rings is 2. The number of hydrogen-bond acceptors (Lipinski definition) is 4. The number of carboxylic acids is 1. The Bertz CT molecular complexity index is 1090. The molecular weight excluding hydrogens is 428 g/mol. The molecule has 27 heavy (non-hydrogen) atoms. The van der Waals surface area contributed by atoms with Gasteiger partial charge >= 0.3 is 5.97 Å². The molecule has 0 saturated carbocycles. The number of thiophene rings is 1. The zero-order valence-electron chi connectivity index (χ0n) is 13.9. The van der Waals surface area contributed by atoms with E-state index in [9.17, 15) is 14.7 Å². The molecular formula is C20H13BrN2O3S. The van der Waals surface area contributed by atoms with Crippen LogP contribution in [0.3, 0.4) is 0 Å². The summed E-state index contributed by atoms with van der Waals surface area (Å²) in [5, 5.41) is 14.1. The maximum atomic E-state index is 12.6. The molecule has 0 fully saturated rings. The second-order valence-electron chi connectivity index (χ2n) is 5.98. The smallest absolute Gasteiger partial charge is 0.339 e. The molecule has 0 radical (unpaired) electrons. The van der Waals surface area contributed by atoms with E-state index in [0.29, 0.717) is 17.0 Å². The van der Waals surface area contributed by atoms with Gasteiger partial charge in [-0.25, -0.2) is 9.79 Å². The number of nitrogens with one attached hydrogen (secondary N) is 1. The van der Waals surface area contributed by atoms with Crippen molar-refractivity contribution in [2.45, 2.75) is 6.42 Å². The van der Waals surface area contributed by atoms with E-state index >= 15 is 0 Å². The number of amides is 1. The fourth-order valence-electron chi connectivity index (χ4n) is 2.94. The molecule has 0 spiro atoms. The molecule has 4 rings (SSSR count). The number of carbonyl (C=O) groups is 2. The van der Waals surface area contributed by atoms with Crippen molar-refractivity contribution in [1.29, 1.82) is 0 Å². The first-order chi connectivity index (χ1) is 13.0. The fraction of sp³-hybridized carbons (Fsp3) is 0.0500. The van der Waals surface area contributed by atoms with Crippen LogP contribution in [-0.4, -0.2) is 22.7 Å². The van der Waals surface area contributed by atoms with E-state index in [-0.39, 0.29) is 17.2 Å². The van der Waals surface area contributed by atoms with E-state index in [0.717, 1.165) is 21.3 Å². The van der Waals surface area contributed by atoms with Crippen LogP contribution in [0.5, 0.6) is 0 Å². The van der Waals surface area contributed by atoms with Crippen molar-refractivity contribution >= 4 is 56.2 Å². The van der Waals surface area contributed by atoms with E-state index in [1.165, 1.54) is 11.3 Å². The number of aromatic carboxylic acids is 1. The fourth-order valence-corrected chi connectivity index (χ4v) is 4.20. The van der Waals surface area contributed by atoms with Crippen LogP contribution in [0.25, 0.3) is 10.4 Å². The number of carboxylic acid groups (broad SMARTS) is 1. The van der Waals surface area contributed by atoms with Crippen molar-refractivity contribution in [3.8, 4) is 10.4 Å². The van der Waals surface area contributed by atoms with Gasteiger partial charge < -0.3 is 10.4 Å². The number of aliphatic imine (C=N–C) groups is 1. The Hall–Kier alpha value is -2.77. The SMILES string of the molecule is O=C(Nc1csc(-c2ccc(Br)cc2)c1C(=O)O)C1=Nc2ccccc2C1. The van der Waals surface area contributed by atoms with E-state index in [1.807, 2.05) is 48.5 Å². The minimum atomic E-state index is -1.08. The number of carbonyl (C=O) groups excluding carboxylic acids is 1. The summed E-state index contributed by atoms with van der Waals surface area (Å²) < 4.78 is 0.909. The lowest BCUT2D eigenvalue weighted by Gasteiger charge is -2.06. The number of halogens is 1. The average Bonchev–Trinajstić information content (AvgIpc) is 3.26. The van der Waals surface area contributed by atoms with Crippen LogP contribution in [0.15, 0.2) is 63.4 Å². The minimum Gasteiger partial charge on any atom is -0.478 e. The number of fused-ring (bicyclic) bond motifs is 1. The Morgan fingerprint density at radius 1 is 1.11 bits per heavy atom. The first-order valence-electron chi connectivity index (χ1n) is 8.10. The molecule has 5 nitrogen and oxygen atoms in total. The van der Waals surface area contributed by atoms with Gasteiger partial charge in [0.15, 0.2) is 0 Å². The zero-order chi connectivity index (χ0) is 19.0. The molecule has 1 aromatic heterocycles. The predicted octanol–water partition coefficient (Wildman–Crippen LogP) is 5.14.